The molecule has 1 aliphatic carbocycles. The lowest BCUT2D eigenvalue weighted by Gasteiger charge is -2.21. The van der Waals surface area contributed by atoms with E-state index in [1.807, 2.05) is 0 Å². The van der Waals surface area contributed by atoms with E-state index in [1.165, 1.54) is 25.9 Å². The van der Waals surface area contributed by atoms with Gasteiger partial charge in [-0.25, -0.2) is 0 Å². The van der Waals surface area contributed by atoms with E-state index in [1.54, 1.807) is 0 Å². The fourth-order valence-corrected chi connectivity index (χ4v) is 3.06. The molecular formula is C11H21N. The molecule has 0 spiro atoms. The largest absolute Gasteiger partial charge is 0.300 e. The van der Waals surface area contributed by atoms with Gasteiger partial charge in [0, 0.05) is 19.1 Å². The molecule has 70 valence electrons. The topological polar surface area (TPSA) is 3.24 Å². The summed E-state index contributed by atoms with van der Waals surface area (Å²) in [6, 6.07) is 0.769. The Labute approximate surface area is 76.1 Å². The second kappa shape index (κ2) is 3.02. The summed E-state index contributed by atoms with van der Waals surface area (Å²) in [6.07, 6.45) is 2.99. The average Bonchev–Trinajstić information content (AvgIpc) is 2.42. The van der Waals surface area contributed by atoms with Gasteiger partial charge in [0.15, 0.2) is 0 Å². The van der Waals surface area contributed by atoms with Crippen molar-refractivity contribution in [2.75, 3.05) is 13.1 Å². The standard InChI is InChI=1S/C11H21N/c1-8(2)12-6-10-4-9(3)5-11(10)7-12/h8-11H,4-7H2,1-3H3. The quantitative estimate of drug-likeness (QED) is 0.579. The molecule has 1 saturated carbocycles. The van der Waals surface area contributed by atoms with Crippen molar-refractivity contribution in [1.29, 1.82) is 0 Å². The van der Waals surface area contributed by atoms with Crippen molar-refractivity contribution in [3.8, 4) is 0 Å². The highest BCUT2D eigenvalue weighted by atomic mass is 15.2. The van der Waals surface area contributed by atoms with Crippen LogP contribution < -0.4 is 0 Å². The minimum atomic E-state index is 0.769. The Kier molecular flexibility index (Phi) is 2.16. The lowest BCUT2D eigenvalue weighted by atomic mass is 10.0. The van der Waals surface area contributed by atoms with Gasteiger partial charge in [-0.1, -0.05) is 6.92 Å². The first-order valence-electron chi connectivity index (χ1n) is 5.41. The Hall–Kier alpha value is -0.0400. The van der Waals surface area contributed by atoms with E-state index in [0.717, 1.165) is 23.8 Å². The lowest BCUT2D eigenvalue weighted by Crippen LogP contribution is -2.29. The molecule has 0 aromatic carbocycles. The van der Waals surface area contributed by atoms with Crippen LogP contribution >= 0.6 is 0 Å². The minimum Gasteiger partial charge on any atom is -0.300 e. The van der Waals surface area contributed by atoms with Gasteiger partial charge in [-0.2, -0.15) is 0 Å². The Morgan fingerprint density at radius 2 is 1.58 bits per heavy atom. The lowest BCUT2D eigenvalue weighted by molar-refractivity contribution is 0.248. The smallest absolute Gasteiger partial charge is 0.00388 e. The van der Waals surface area contributed by atoms with Crippen molar-refractivity contribution < 1.29 is 0 Å². The van der Waals surface area contributed by atoms with E-state index < -0.39 is 0 Å². The van der Waals surface area contributed by atoms with Crippen LogP contribution in [0.25, 0.3) is 0 Å². The Balaban J connectivity index is 1.93. The molecule has 0 aromatic rings. The normalized spacial score (nSPS) is 42.5. The zero-order valence-corrected chi connectivity index (χ0v) is 8.59. The predicted molar refractivity (Wildman–Crippen MR) is 52.1 cm³/mol. The molecule has 1 saturated heterocycles. The molecule has 1 heterocycles. The van der Waals surface area contributed by atoms with Gasteiger partial charge in [-0.15, -0.1) is 0 Å². The summed E-state index contributed by atoms with van der Waals surface area (Å²) < 4.78 is 0. The van der Waals surface area contributed by atoms with Crippen LogP contribution in [0.2, 0.25) is 0 Å². The molecule has 0 bridgehead atoms. The zero-order valence-electron chi connectivity index (χ0n) is 8.59. The van der Waals surface area contributed by atoms with E-state index in [4.69, 9.17) is 0 Å². The summed E-state index contributed by atoms with van der Waals surface area (Å²) in [5.74, 6) is 3.10. The van der Waals surface area contributed by atoms with Crippen molar-refractivity contribution in [3.63, 3.8) is 0 Å². The van der Waals surface area contributed by atoms with Crippen molar-refractivity contribution >= 4 is 0 Å². The average molecular weight is 167 g/mol. The van der Waals surface area contributed by atoms with Gasteiger partial charge in [-0.05, 0) is 44.4 Å². The molecule has 2 rings (SSSR count). The summed E-state index contributed by atoms with van der Waals surface area (Å²) in [6.45, 7) is 9.83. The van der Waals surface area contributed by atoms with Crippen LogP contribution in [0.5, 0.6) is 0 Å². The molecule has 0 N–H and O–H groups in total. The maximum absolute atomic E-state index is 2.65. The Bertz CT molecular complexity index is 150. The van der Waals surface area contributed by atoms with Crippen LogP contribution in [0.1, 0.15) is 33.6 Å². The number of hydrogen-bond acceptors (Lipinski definition) is 1. The number of hydrogen-bond donors (Lipinski definition) is 0. The molecule has 2 fully saturated rings. The highest BCUT2D eigenvalue weighted by Gasteiger charge is 2.39. The van der Waals surface area contributed by atoms with Crippen molar-refractivity contribution in [1.82, 2.24) is 4.90 Å². The van der Waals surface area contributed by atoms with E-state index in [9.17, 15) is 0 Å². The second-order valence-electron chi connectivity index (χ2n) is 5.14. The highest BCUT2D eigenvalue weighted by molar-refractivity contribution is 4.91. The summed E-state index contributed by atoms with van der Waals surface area (Å²) in [5.41, 5.74) is 0. The van der Waals surface area contributed by atoms with Crippen molar-refractivity contribution in [2.45, 2.75) is 39.7 Å². The minimum absolute atomic E-state index is 0.769. The number of rotatable bonds is 1. The molecule has 1 nitrogen and oxygen atoms in total. The van der Waals surface area contributed by atoms with Gasteiger partial charge in [0.25, 0.3) is 0 Å². The molecule has 2 unspecified atom stereocenters. The van der Waals surface area contributed by atoms with E-state index in [2.05, 4.69) is 25.7 Å². The molecule has 1 aliphatic heterocycles. The maximum atomic E-state index is 2.65. The van der Waals surface area contributed by atoms with Crippen LogP contribution in [0.3, 0.4) is 0 Å². The van der Waals surface area contributed by atoms with Crippen LogP contribution in [-0.2, 0) is 0 Å². The third kappa shape index (κ3) is 1.39. The molecule has 0 amide bonds. The number of fused-ring (bicyclic) bond motifs is 1. The van der Waals surface area contributed by atoms with Gasteiger partial charge in [0.1, 0.15) is 0 Å². The van der Waals surface area contributed by atoms with Crippen molar-refractivity contribution in [3.05, 3.63) is 0 Å². The molecular weight excluding hydrogens is 146 g/mol. The molecule has 0 aromatic heterocycles. The first kappa shape index (κ1) is 8.55. The van der Waals surface area contributed by atoms with Gasteiger partial charge in [-0.3, -0.25) is 0 Å². The second-order valence-corrected chi connectivity index (χ2v) is 5.14. The summed E-state index contributed by atoms with van der Waals surface area (Å²) >= 11 is 0. The molecule has 0 radical (unpaired) electrons. The summed E-state index contributed by atoms with van der Waals surface area (Å²) in [4.78, 5) is 2.65. The zero-order chi connectivity index (χ0) is 8.72. The molecule has 2 aliphatic rings. The first-order valence-corrected chi connectivity index (χ1v) is 5.41. The van der Waals surface area contributed by atoms with Crippen LogP contribution in [-0.4, -0.2) is 24.0 Å². The monoisotopic (exact) mass is 167 g/mol. The molecule has 1 heteroatoms. The fraction of sp³-hybridized carbons (Fsp3) is 1.00. The molecule has 12 heavy (non-hydrogen) atoms. The molecule has 2 atom stereocenters. The SMILES string of the molecule is CC1CC2CN(C(C)C)CC2C1. The van der Waals surface area contributed by atoms with E-state index in [-0.39, 0.29) is 0 Å². The third-order valence-electron chi connectivity index (χ3n) is 3.75. The third-order valence-corrected chi connectivity index (χ3v) is 3.75. The van der Waals surface area contributed by atoms with Crippen LogP contribution in [0, 0.1) is 17.8 Å². The van der Waals surface area contributed by atoms with Crippen LogP contribution in [0.4, 0.5) is 0 Å². The van der Waals surface area contributed by atoms with Gasteiger partial charge >= 0.3 is 0 Å². The van der Waals surface area contributed by atoms with Gasteiger partial charge in [0.2, 0.25) is 0 Å². The Morgan fingerprint density at radius 3 is 2.00 bits per heavy atom. The van der Waals surface area contributed by atoms with Gasteiger partial charge < -0.3 is 4.90 Å². The number of nitrogens with zero attached hydrogens (tertiary/aromatic N) is 1. The van der Waals surface area contributed by atoms with E-state index in [0.29, 0.717) is 0 Å². The summed E-state index contributed by atoms with van der Waals surface area (Å²) in [5, 5.41) is 0. The fourth-order valence-electron chi connectivity index (χ4n) is 3.06. The summed E-state index contributed by atoms with van der Waals surface area (Å²) in [7, 11) is 0. The van der Waals surface area contributed by atoms with E-state index >= 15 is 0 Å². The predicted octanol–water partition coefficient (Wildman–Crippen LogP) is 2.37. The number of likely N-dealkylation sites (tertiary alicyclic amines) is 1. The van der Waals surface area contributed by atoms with Crippen LogP contribution in [0.15, 0.2) is 0 Å². The van der Waals surface area contributed by atoms with Crippen molar-refractivity contribution in [2.24, 2.45) is 17.8 Å². The highest BCUT2D eigenvalue weighted by Crippen LogP contribution is 2.41. The maximum Gasteiger partial charge on any atom is 0.00388 e. The Morgan fingerprint density at radius 1 is 1.08 bits per heavy atom. The van der Waals surface area contributed by atoms with Gasteiger partial charge in [0.05, 0.1) is 0 Å². The first-order chi connectivity index (χ1) is 5.66.